The van der Waals surface area contributed by atoms with Gasteiger partial charge < -0.3 is 5.32 Å². The van der Waals surface area contributed by atoms with E-state index < -0.39 is 0 Å². The van der Waals surface area contributed by atoms with Crippen LogP contribution in [0.15, 0.2) is 34.2 Å². The molecule has 1 aromatic heterocycles. The molecule has 0 fully saturated rings. The fourth-order valence-corrected chi connectivity index (χ4v) is 3.01. The molecule has 1 N–H and O–H groups in total. The molecule has 6 heteroatoms. The van der Waals surface area contributed by atoms with Crippen LogP contribution in [0.25, 0.3) is 10.9 Å². The van der Waals surface area contributed by atoms with Gasteiger partial charge in [-0.1, -0.05) is 29.8 Å². The topological polar surface area (TPSA) is 64.0 Å². The summed E-state index contributed by atoms with van der Waals surface area (Å²) in [6, 6.07) is 7.20. The smallest absolute Gasteiger partial charge is 0.262 e. The van der Waals surface area contributed by atoms with Gasteiger partial charge in [-0.15, -0.1) is 6.42 Å². The minimum absolute atomic E-state index is 0.0909. The Kier molecular flexibility index (Phi) is 5.23. The van der Waals surface area contributed by atoms with E-state index in [2.05, 4.69) is 16.2 Å². The van der Waals surface area contributed by atoms with Gasteiger partial charge >= 0.3 is 0 Å². The van der Waals surface area contributed by atoms with E-state index in [1.807, 2.05) is 19.1 Å². The van der Waals surface area contributed by atoms with Crippen molar-refractivity contribution >= 4 is 28.6 Å². The molecule has 1 aromatic carbocycles. The number of nitrogens with zero attached hydrogens (tertiary/aromatic N) is 2. The quantitative estimate of drug-likeness (QED) is 0.518. The van der Waals surface area contributed by atoms with Gasteiger partial charge in [0.25, 0.3) is 5.56 Å². The van der Waals surface area contributed by atoms with Gasteiger partial charge in [-0.3, -0.25) is 14.2 Å². The fourth-order valence-electron chi connectivity index (χ4n) is 2.01. The number of rotatable bonds is 5. The molecule has 1 heterocycles. The van der Waals surface area contributed by atoms with E-state index in [-0.39, 0.29) is 23.3 Å². The number of terminal acetylenes is 1. The Balaban J connectivity index is 2.37. The zero-order valence-electron chi connectivity index (χ0n) is 12.5. The summed E-state index contributed by atoms with van der Waals surface area (Å²) in [5.74, 6) is 2.19. The molecule has 22 heavy (non-hydrogen) atoms. The van der Waals surface area contributed by atoms with E-state index in [0.717, 1.165) is 0 Å². The lowest BCUT2D eigenvalue weighted by Gasteiger charge is -2.14. The van der Waals surface area contributed by atoms with Crippen LogP contribution in [0.4, 0.5) is 0 Å². The maximum absolute atomic E-state index is 12.5. The molecular formula is C16H17N3O2S. The molecule has 2 aromatic rings. The number of nitrogens with one attached hydrogen (secondary N) is 1. The summed E-state index contributed by atoms with van der Waals surface area (Å²) < 4.78 is 1.58. The number of carbonyl (C=O) groups is 1. The Morgan fingerprint density at radius 2 is 2.23 bits per heavy atom. The molecule has 114 valence electrons. The lowest BCUT2D eigenvalue weighted by atomic mass is 10.2. The van der Waals surface area contributed by atoms with Crippen LogP contribution in [0.1, 0.15) is 13.8 Å². The second-order valence-electron chi connectivity index (χ2n) is 4.64. The summed E-state index contributed by atoms with van der Waals surface area (Å²) in [6.07, 6.45) is 5.13. The first kappa shape index (κ1) is 16.1. The predicted molar refractivity (Wildman–Crippen MR) is 88.8 cm³/mol. The van der Waals surface area contributed by atoms with Gasteiger partial charge in [0.1, 0.15) is 0 Å². The molecule has 0 saturated heterocycles. The Morgan fingerprint density at radius 3 is 2.91 bits per heavy atom. The molecule has 0 radical (unpaired) electrons. The molecule has 0 aliphatic heterocycles. The van der Waals surface area contributed by atoms with E-state index in [4.69, 9.17) is 6.42 Å². The molecule has 0 aliphatic carbocycles. The Labute approximate surface area is 133 Å². The van der Waals surface area contributed by atoms with Gasteiger partial charge in [0.2, 0.25) is 5.91 Å². The summed E-state index contributed by atoms with van der Waals surface area (Å²) >= 11 is 1.25. The third-order valence-electron chi connectivity index (χ3n) is 3.16. The second-order valence-corrected chi connectivity index (χ2v) is 5.95. The number of benzene rings is 1. The summed E-state index contributed by atoms with van der Waals surface area (Å²) in [4.78, 5) is 28.9. The third-order valence-corrected chi connectivity index (χ3v) is 4.25. The monoisotopic (exact) mass is 315 g/mol. The first-order valence-corrected chi connectivity index (χ1v) is 7.83. The van der Waals surface area contributed by atoms with E-state index in [0.29, 0.717) is 22.6 Å². The number of hydrogen-bond donors (Lipinski definition) is 1. The molecular weight excluding hydrogens is 298 g/mol. The molecule has 0 saturated carbocycles. The first-order chi connectivity index (χ1) is 10.6. The Hall–Kier alpha value is -2.26. The van der Waals surface area contributed by atoms with Gasteiger partial charge in [0.05, 0.1) is 22.7 Å². The number of para-hydroxylation sites is 1. The van der Waals surface area contributed by atoms with Crippen LogP contribution in [-0.4, -0.2) is 27.3 Å². The van der Waals surface area contributed by atoms with Crippen LogP contribution in [0.5, 0.6) is 0 Å². The van der Waals surface area contributed by atoms with Crippen molar-refractivity contribution in [3.8, 4) is 12.3 Å². The molecule has 0 spiro atoms. The number of amides is 1. The molecule has 2 rings (SSSR count). The van der Waals surface area contributed by atoms with Gasteiger partial charge in [-0.05, 0) is 26.0 Å². The van der Waals surface area contributed by atoms with Gasteiger partial charge in [-0.25, -0.2) is 4.98 Å². The van der Waals surface area contributed by atoms with Crippen molar-refractivity contribution in [1.29, 1.82) is 0 Å². The van der Waals surface area contributed by atoms with Crippen molar-refractivity contribution in [2.24, 2.45) is 0 Å². The van der Waals surface area contributed by atoms with Crippen molar-refractivity contribution < 1.29 is 4.79 Å². The molecule has 1 unspecified atom stereocenters. The minimum atomic E-state index is -0.390. The lowest BCUT2D eigenvalue weighted by Crippen LogP contribution is -2.32. The predicted octanol–water partition coefficient (Wildman–Crippen LogP) is 1.65. The SMILES string of the molecule is C#CCNC(=O)C(C)Sc1nc2ccccc2c(=O)n1CC. The van der Waals surface area contributed by atoms with Crippen LogP contribution in [0, 0.1) is 12.3 Å². The molecule has 1 amide bonds. The number of aromatic nitrogens is 2. The fraction of sp³-hybridized carbons (Fsp3) is 0.312. The highest BCUT2D eigenvalue weighted by Crippen LogP contribution is 2.22. The van der Waals surface area contributed by atoms with Gasteiger partial charge in [0.15, 0.2) is 5.16 Å². The Bertz CT molecular complexity index is 792. The van der Waals surface area contributed by atoms with Crippen LogP contribution in [0.2, 0.25) is 0 Å². The zero-order valence-corrected chi connectivity index (χ0v) is 13.3. The van der Waals surface area contributed by atoms with Crippen LogP contribution in [-0.2, 0) is 11.3 Å². The highest BCUT2D eigenvalue weighted by Gasteiger charge is 2.18. The zero-order chi connectivity index (χ0) is 16.1. The normalized spacial score (nSPS) is 11.9. The van der Waals surface area contributed by atoms with Crippen molar-refractivity contribution in [2.75, 3.05) is 6.54 Å². The van der Waals surface area contributed by atoms with Crippen LogP contribution >= 0.6 is 11.8 Å². The number of carbonyl (C=O) groups excluding carboxylic acids is 1. The number of hydrogen-bond acceptors (Lipinski definition) is 4. The number of fused-ring (bicyclic) bond motifs is 1. The van der Waals surface area contributed by atoms with E-state index in [9.17, 15) is 9.59 Å². The van der Waals surface area contributed by atoms with Gasteiger partial charge in [0, 0.05) is 6.54 Å². The Morgan fingerprint density at radius 1 is 1.50 bits per heavy atom. The molecule has 1 atom stereocenters. The van der Waals surface area contributed by atoms with Crippen molar-refractivity contribution in [2.45, 2.75) is 30.8 Å². The van der Waals surface area contributed by atoms with E-state index in [1.165, 1.54) is 11.8 Å². The average Bonchev–Trinajstić information content (AvgIpc) is 2.53. The molecule has 5 nitrogen and oxygen atoms in total. The minimum Gasteiger partial charge on any atom is -0.344 e. The van der Waals surface area contributed by atoms with Crippen molar-refractivity contribution in [3.63, 3.8) is 0 Å². The lowest BCUT2D eigenvalue weighted by molar-refractivity contribution is -0.120. The second kappa shape index (κ2) is 7.14. The summed E-state index contributed by atoms with van der Waals surface area (Å²) in [5.41, 5.74) is 0.544. The number of thioether (sulfide) groups is 1. The first-order valence-electron chi connectivity index (χ1n) is 6.95. The maximum Gasteiger partial charge on any atom is 0.262 e. The van der Waals surface area contributed by atoms with E-state index >= 15 is 0 Å². The summed E-state index contributed by atoms with van der Waals surface area (Å²) in [7, 11) is 0. The summed E-state index contributed by atoms with van der Waals surface area (Å²) in [5, 5.41) is 3.36. The molecule has 0 bridgehead atoms. The van der Waals surface area contributed by atoms with E-state index in [1.54, 1.807) is 23.6 Å². The molecule has 0 aliphatic rings. The van der Waals surface area contributed by atoms with Gasteiger partial charge in [-0.2, -0.15) is 0 Å². The highest BCUT2D eigenvalue weighted by atomic mass is 32.2. The summed E-state index contributed by atoms with van der Waals surface area (Å²) in [6.45, 7) is 4.33. The standard InChI is InChI=1S/C16H17N3O2S/c1-4-10-17-14(20)11(3)22-16-18-13-9-7-6-8-12(13)15(21)19(16)5-2/h1,6-9,11H,5,10H2,2-3H3,(H,17,20). The largest absolute Gasteiger partial charge is 0.344 e. The highest BCUT2D eigenvalue weighted by molar-refractivity contribution is 8.00. The van der Waals surface area contributed by atoms with Crippen molar-refractivity contribution in [3.05, 3.63) is 34.6 Å². The van der Waals surface area contributed by atoms with Crippen LogP contribution < -0.4 is 10.9 Å². The average molecular weight is 315 g/mol. The van der Waals surface area contributed by atoms with Crippen molar-refractivity contribution in [1.82, 2.24) is 14.9 Å². The maximum atomic E-state index is 12.5. The van der Waals surface area contributed by atoms with Crippen LogP contribution in [0.3, 0.4) is 0 Å². The third kappa shape index (κ3) is 3.31.